The van der Waals surface area contributed by atoms with Crippen molar-refractivity contribution < 1.29 is 14.6 Å². The summed E-state index contributed by atoms with van der Waals surface area (Å²) < 4.78 is 11.8. The SMILES string of the molecule is Cc1ccc2c(c1)CC[C@H](c1ccccc1)[C@@H]2c1ccc(OC2CC3(C2)OC3CO)cc1. The number of hydrogen-bond donors (Lipinski definition) is 1. The zero-order valence-electron chi connectivity index (χ0n) is 18.5. The van der Waals surface area contributed by atoms with Crippen molar-refractivity contribution in [1.82, 2.24) is 0 Å². The predicted octanol–water partition coefficient (Wildman–Crippen LogP) is 5.53. The van der Waals surface area contributed by atoms with E-state index in [1.54, 1.807) is 0 Å². The average molecular weight is 427 g/mol. The van der Waals surface area contributed by atoms with Gasteiger partial charge in [0.25, 0.3) is 0 Å². The first kappa shape index (κ1) is 20.0. The standard InChI is InChI=1S/C29H30O3/c1-19-7-13-26-22(15-19)10-14-25(20-5-3-2-4-6-20)28(26)21-8-11-23(12-9-21)31-24-16-29(17-24)27(18-30)32-29/h2-9,11-13,15,24-25,27-28,30H,10,14,16-18H2,1H3/t24?,25-,27?,28+,29?/m1/s1. The Morgan fingerprint density at radius 2 is 1.75 bits per heavy atom. The van der Waals surface area contributed by atoms with Crippen molar-refractivity contribution in [3.63, 3.8) is 0 Å². The summed E-state index contributed by atoms with van der Waals surface area (Å²) in [5, 5.41) is 9.26. The van der Waals surface area contributed by atoms with E-state index in [-0.39, 0.29) is 24.4 Å². The Morgan fingerprint density at radius 1 is 0.969 bits per heavy atom. The number of benzene rings is 3. The third kappa shape index (κ3) is 3.44. The smallest absolute Gasteiger partial charge is 0.119 e. The molecule has 3 atom stereocenters. The Labute approximate surface area is 190 Å². The number of aryl methyl sites for hydroxylation is 2. The third-order valence-corrected chi connectivity index (χ3v) is 7.75. The molecule has 1 saturated heterocycles. The zero-order chi connectivity index (χ0) is 21.7. The minimum absolute atomic E-state index is 0.0228. The molecule has 1 saturated carbocycles. The second kappa shape index (κ2) is 7.75. The minimum Gasteiger partial charge on any atom is -0.490 e. The lowest BCUT2D eigenvalue weighted by Crippen LogP contribution is -2.42. The molecule has 164 valence electrons. The van der Waals surface area contributed by atoms with Gasteiger partial charge in [-0.1, -0.05) is 66.2 Å². The van der Waals surface area contributed by atoms with Crippen LogP contribution in [0.4, 0.5) is 0 Å². The van der Waals surface area contributed by atoms with E-state index in [1.807, 2.05) is 0 Å². The lowest BCUT2D eigenvalue weighted by Gasteiger charge is -2.35. The molecule has 1 spiro atoms. The number of fused-ring (bicyclic) bond motifs is 1. The molecule has 32 heavy (non-hydrogen) atoms. The van der Waals surface area contributed by atoms with Crippen molar-refractivity contribution in [2.24, 2.45) is 0 Å². The number of ether oxygens (including phenoxy) is 2. The van der Waals surface area contributed by atoms with Gasteiger partial charge in [0.05, 0.1) is 6.61 Å². The van der Waals surface area contributed by atoms with Gasteiger partial charge in [-0.15, -0.1) is 0 Å². The Morgan fingerprint density at radius 3 is 2.47 bits per heavy atom. The zero-order valence-corrected chi connectivity index (χ0v) is 18.5. The van der Waals surface area contributed by atoms with Crippen LogP contribution in [0.3, 0.4) is 0 Å². The molecular weight excluding hydrogens is 396 g/mol. The molecule has 0 aromatic heterocycles. The Bertz CT molecular complexity index is 1100. The van der Waals surface area contributed by atoms with Gasteiger partial charge in [-0.2, -0.15) is 0 Å². The number of rotatable bonds is 5. The first-order valence-corrected chi connectivity index (χ1v) is 11.8. The highest BCUT2D eigenvalue weighted by atomic mass is 16.6. The fourth-order valence-electron chi connectivity index (χ4n) is 5.97. The van der Waals surface area contributed by atoms with Gasteiger partial charge in [-0.05, 0) is 60.1 Å². The number of aliphatic hydroxyl groups is 1. The van der Waals surface area contributed by atoms with Gasteiger partial charge in [0.15, 0.2) is 0 Å². The predicted molar refractivity (Wildman–Crippen MR) is 125 cm³/mol. The van der Waals surface area contributed by atoms with Crippen LogP contribution >= 0.6 is 0 Å². The summed E-state index contributed by atoms with van der Waals surface area (Å²) in [5.41, 5.74) is 6.98. The summed E-state index contributed by atoms with van der Waals surface area (Å²) in [4.78, 5) is 0. The average Bonchev–Trinajstić information content (AvgIpc) is 3.54. The molecule has 1 unspecified atom stereocenters. The van der Waals surface area contributed by atoms with Gasteiger partial charge >= 0.3 is 0 Å². The molecule has 3 aromatic rings. The van der Waals surface area contributed by atoms with E-state index in [0.29, 0.717) is 11.8 Å². The summed E-state index contributed by atoms with van der Waals surface area (Å²) in [6.45, 7) is 2.30. The van der Waals surface area contributed by atoms with Crippen LogP contribution in [-0.4, -0.2) is 29.5 Å². The second-order valence-corrected chi connectivity index (χ2v) is 9.81. The fraction of sp³-hybridized carbons (Fsp3) is 0.379. The maximum absolute atomic E-state index is 9.26. The lowest BCUT2D eigenvalue weighted by molar-refractivity contribution is 0.0377. The van der Waals surface area contributed by atoms with E-state index >= 15 is 0 Å². The molecule has 1 aliphatic heterocycles. The molecule has 0 radical (unpaired) electrons. The van der Waals surface area contributed by atoms with Crippen LogP contribution in [0.15, 0.2) is 72.8 Å². The van der Waals surface area contributed by atoms with Crippen LogP contribution in [0.2, 0.25) is 0 Å². The second-order valence-electron chi connectivity index (χ2n) is 9.81. The first-order valence-electron chi connectivity index (χ1n) is 11.8. The Hall–Kier alpha value is -2.62. The summed E-state index contributed by atoms with van der Waals surface area (Å²) in [7, 11) is 0. The molecule has 1 N–H and O–H groups in total. The van der Waals surface area contributed by atoms with E-state index in [1.165, 1.54) is 34.2 Å². The molecule has 2 fully saturated rings. The van der Waals surface area contributed by atoms with Crippen LogP contribution < -0.4 is 4.74 Å². The van der Waals surface area contributed by atoms with E-state index < -0.39 is 0 Å². The van der Waals surface area contributed by atoms with E-state index in [4.69, 9.17) is 9.47 Å². The van der Waals surface area contributed by atoms with Crippen LogP contribution in [-0.2, 0) is 11.2 Å². The maximum atomic E-state index is 9.26. The molecule has 2 aliphatic carbocycles. The number of hydrogen-bond acceptors (Lipinski definition) is 3. The van der Waals surface area contributed by atoms with Gasteiger partial charge < -0.3 is 14.6 Å². The van der Waals surface area contributed by atoms with Crippen molar-refractivity contribution in [2.45, 2.75) is 62.3 Å². The molecular formula is C29H30O3. The topological polar surface area (TPSA) is 42.0 Å². The van der Waals surface area contributed by atoms with Gasteiger partial charge in [-0.3, -0.25) is 0 Å². The fourth-order valence-corrected chi connectivity index (χ4v) is 5.97. The summed E-state index contributed by atoms with van der Waals surface area (Å²) in [5.74, 6) is 1.76. The molecule has 1 heterocycles. The molecule has 3 heteroatoms. The van der Waals surface area contributed by atoms with Gasteiger partial charge in [0.2, 0.25) is 0 Å². The molecule has 3 nitrogen and oxygen atoms in total. The van der Waals surface area contributed by atoms with Gasteiger partial charge in [0.1, 0.15) is 23.6 Å². The number of aliphatic hydroxyl groups excluding tert-OH is 1. The van der Waals surface area contributed by atoms with Crippen molar-refractivity contribution >= 4 is 0 Å². The minimum atomic E-state index is -0.0911. The monoisotopic (exact) mass is 426 g/mol. The summed E-state index contributed by atoms with van der Waals surface area (Å²) in [6.07, 6.45) is 4.27. The highest BCUT2D eigenvalue weighted by Gasteiger charge is 2.64. The highest BCUT2D eigenvalue weighted by molar-refractivity contribution is 5.47. The molecule has 0 bridgehead atoms. The highest BCUT2D eigenvalue weighted by Crippen LogP contribution is 2.53. The van der Waals surface area contributed by atoms with Gasteiger partial charge in [-0.25, -0.2) is 0 Å². The van der Waals surface area contributed by atoms with Crippen LogP contribution in [0.25, 0.3) is 0 Å². The van der Waals surface area contributed by atoms with Crippen molar-refractivity contribution in [2.75, 3.05) is 6.61 Å². The van der Waals surface area contributed by atoms with Crippen molar-refractivity contribution in [1.29, 1.82) is 0 Å². The molecule has 6 rings (SSSR count). The largest absolute Gasteiger partial charge is 0.490 e. The van der Waals surface area contributed by atoms with Gasteiger partial charge in [0, 0.05) is 18.8 Å². The molecule has 3 aromatic carbocycles. The van der Waals surface area contributed by atoms with E-state index in [9.17, 15) is 5.11 Å². The summed E-state index contributed by atoms with van der Waals surface area (Å²) in [6, 6.07) is 26.7. The number of epoxide rings is 1. The van der Waals surface area contributed by atoms with Crippen molar-refractivity contribution in [3.8, 4) is 5.75 Å². The summed E-state index contributed by atoms with van der Waals surface area (Å²) >= 11 is 0. The normalized spacial score (nSPS) is 30.4. The quantitative estimate of drug-likeness (QED) is 0.546. The van der Waals surface area contributed by atoms with E-state index in [2.05, 4.69) is 79.7 Å². The third-order valence-electron chi connectivity index (χ3n) is 7.75. The van der Waals surface area contributed by atoms with E-state index in [0.717, 1.165) is 25.0 Å². The Balaban J connectivity index is 1.25. The molecule has 0 amide bonds. The molecule has 3 aliphatic rings. The Kier molecular flexibility index (Phi) is 4.85. The van der Waals surface area contributed by atoms with Crippen LogP contribution in [0.5, 0.6) is 5.75 Å². The van der Waals surface area contributed by atoms with Crippen LogP contribution in [0, 0.1) is 6.92 Å². The maximum Gasteiger partial charge on any atom is 0.119 e. The first-order chi connectivity index (χ1) is 15.6. The lowest BCUT2D eigenvalue weighted by atomic mass is 9.69. The van der Waals surface area contributed by atoms with Crippen molar-refractivity contribution in [3.05, 3.63) is 101 Å². The van der Waals surface area contributed by atoms with Crippen LogP contribution in [0.1, 0.15) is 58.9 Å².